The first kappa shape index (κ1) is 13.1. The van der Waals surface area contributed by atoms with Crippen LogP contribution in [0.5, 0.6) is 0 Å². The van der Waals surface area contributed by atoms with Crippen LogP contribution in [0.4, 0.5) is 0 Å². The number of hydrogen-bond acceptors (Lipinski definition) is 2. The molecule has 0 saturated heterocycles. The summed E-state index contributed by atoms with van der Waals surface area (Å²) in [7, 11) is 0. The smallest absolute Gasteiger partial charge is 0.343 e. The third-order valence-electron chi connectivity index (χ3n) is 2.88. The zero-order chi connectivity index (χ0) is 14.0. The molecule has 5 nitrogen and oxygen atoms in total. The highest BCUT2D eigenvalue weighted by molar-refractivity contribution is 5.94. The van der Waals surface area contributed by atoms with Gasteiger partial charge in [0.05, 0.1) is 5.69 Å². The first-order chi connectivity index (χ1) is 8.99. The normalized spacial score (nSPS) is 10.9. The van der Waals surface area contributed by atoms with Crippen LogP contribution < -0.4 is 5.56 Å². The van der Waals surface area contributed by atoms with Gasteiger partial charge in [-0.25, -0.2) is 4.79 Å². The van der Waals surface area contributed by atoms with Crippen molar-refractivity contribution >= 4 is 5.97 Å². The van der Waals surface area contributed by atoms with E-state index in [4.69, 9.17) is 5.11 Å². The maximum Gasteiger partial charge on any atom is 0.343 e. The van der Waals surface area contributed by atoms with Crippen molar-refractivity contribution in [1.82, 2.24) is 10.2 Å². The van der Waals surface area contributed by atoms with Crippen molar-refractivity contribution in [3.63, 3.8) is 0 Å². The van der Waals surface area contributed by atoms with Crippen LogP contribution in [0.3, 0.4) is 0 Å². The first-order valence-corrected chi connectivity index (χ1v) is 6.12. The van der Waals surface area contributed by atoms with Crippen LogP contribution in [0.1, 0.15) is 29.8 Å². The predicted molar refractivity (Wildman–Crippen MR) is 72.4 cm³/mol. The Kier molecular flexibility index (Phi) is 3.55. The molecule has 2 aromatic rings. The fourth-order valence-electron chi connectivity index (χ4n) is 2.06. The van der Waals surface area contributed by atoms with E-state index >= 15 is 0 Å². The molecule has 1 aromatic heterocycles. The number of aromatic nitrogens is 2. The standard InChI is InChI=1S/C14H16N2O3/c1-8(2)7-9-3-5-10(6-4-9)12-11(14(18)19)13(17)16-15-12/h3-6,8H,7H2,1-2H3,(H,18,19)(H2,15,16,17). The van der Waals surface area contributed by atoms with E-state index in [9.17, 15) is 9.59 Å². The lowest BCUT2D eigenvalue weighted by atomic mass is 10.00. The van der Waals surface area contributed by atoms with Crippen LogP contribution in [0, 0.1) is 5.92 Å². The Bertz CT molecular complexity index is 635. The summed E-state index contributed by atoms with van der Waals surface area (Å²) in [6.45, 7) is 4.28. The van der Waals surface area contributed by atoms with Crippen molar-refractivity contribution in [2.75, 3.05) is 0 Å². The molecule has 5 heteroatoms. The van der Waals surface area contributed by atoms with Gasteiger partial charge in [-0.2, -0.15) is 0 Å². The maximum absolute atomic E-state index is 11.4. The minimum atomic E-state index is -1.23. The van der Waals surface area contributed by atoms with Crippen LogP contribution in [0.2, 0.25) is 0 Å². The summed E-state index contributed by atoms with van der Waals surface area (Å²) in [5, 5.41) is 13.9. The van der Waals surface area contributed by atoms with Gasteiger partial charge >= 0.3 is 5.97 Å². The Balaban J connectivity index is 2.38. The number of aromatic carboxylic acids is 1. The summed E-state index contributed by atoms with van der Waals surface area (Å²) in [5.41, 5.74) is 1.32. The second kappa shape index (κ2) is 5.14. The van der Waals surface area contributed by atoms with E-state index in [0.717, 1.165) is 6.42 Å². The van der Waals surface area contributed by atoms with Crippen molar-refractivity contribution in [3.8, 4) is 11.3 Å². The van der Waals surface area contributed by atoms with E-state index in [1.807, 2.05) is 24.3 Å². The SMILES string of the molecule is CC(C)Cc1ccc(-c2[nH][nH]c(=O)c2C(=O)O)cc1. The van der Waals surface area contributed by atoms with Crippen molar-refractivity contribution in [1.29, 1.82) is 0 Å². The third kappa shape index (κ3) is 2.76. The van der Waals surface area contributed by atoms with Crippen molar-refractivity contribution in [2.24, 2.45) is 5.92 Å². The average Bonchev–Trinajstić information content (AvgIpc) is 2.71. The molecule has 0 aliphatic rings. The van der Waals surface area contributed by atoms with Crippen molar-refractivity contribution in [2.45, 2.75) is 20.3 Å². The maximum atomic E-state index is 11.4. The summed E-state index contributed by atoms with van der Waals surface area (Å²) < 4.78 is 0. The molecule has 2 rings (SSSR count). The average molecular weight is 260 g/mol. The number of hydrogen-bond donors (Lipinski definition) is 3. The molecule has 0 aliphatic heterocycles. The molecule has 100 valence electrons. The number of H-pyrrole nitrogens is 2. The van der Waals surface area contributed by atoms with Gasteiger partial charge in [-0.15, -0.1) is 0 Å². The topological polar surface area (TPSA) is 86.0 Å². The van der Waals surface area contributed by atoms with E-state index in [-0.39, 0.29) is 5.56 Å². The van der Waals surface area contributed by atoms with E-state index < -0.39 is 11.5 Å². The van der Waals surface area contributed by atoms with Gasteiger partial charge in [0.15, 0.2) is 5.56 Å². The lowest BCUT2D eigenvalue weighted by molar-refractivity contribution is 0.0696. The van der Waals surface area contributed by atoms with Crippen LogP contribution in [-0.2, 0) is 6.42 Å². The van der Waals surface area contributed by atoms with E-state index in [1.54, 1.807) is 0 Å². The molecule has 0 amide bonds. The van der Waals surface area contributed by atoms with Gasteiger partial charge in [0.2, 0.25) is 0 Å². The van der Waals surface area contributed by atoms with Gasteiger partial charge in [0.25, 0.3) is 5.56 Å². The number of carboxylic acids is 1. The van der Waals surface area contributed by atoms with Crippen LogP contribution >= 0.6 is 0 Å². The molecule has 0 fully saturated rings. The molecule has 0 bridgehead atoms. The fraction of sp³-hybridized carbons (Fsp3) is 0.286. The van der Waals surface area contributed by atoms with Gasteiger partial charge in [-0.1, -0.05) is 38.1 Å². The van der Waals surface area contributed by atoms with Gasteiger partial charge in [0.1, 0.15) is 0 Å². The summed E-state index contributed by atoms with van der Waals surface area (Å²) in [6, 6.07) is 7.55. The minimum Gasteiger partial charge on any atom is -0.477 e. The molecular formula is C14H16N2O3. The Morgan fingerprint density at radius 2 is 1.84 bits per heavy atom. The quantitative estimate of drug-likeness (QED) is 0.788. The number of benzene rings is 1. The Morgan fingerprint density at radius 3 is 2.37 bits per heavy atom. The molecule has 0 aliphatic carbocycles. The summed E-state index contributed by atoms with van der Waals surface area (Å²) in [6.07, 6.45) is 0.968. The second-order valence-corrected chi connectivity index (χ2v) is 4.93. The Labute approximate surface area is 110 Å². The zero-order valence-electron chi connectivity index (χ0n) is 10.9. The summed E-state index contributed by atoms with van der Waals surface area (Å²) in [5.74, 6) is -0.670. The number of aromatic amines is 2. The predicted octanol–water partition coefficient (Wildman–Crippen LogP) is 2.27. The molecule has 1 heterocycles. The molecule has 1 aromatic carbocycles. The first-order valence-electron chi connectivity index (χ1n) is 6.12. The van der Waals surface area contributed by atoms with E-state index in [1.165, 1.54) is 5.56 Å². The van der Waals surface area contributed by atoms with Gasteiger partial charge < -0.3 is 5.11 Å². The van der Waals surface area contributed by atoms with Crippen LogP contribution in [-0.4, -0.2) is 21.3 Å². The largest absolute Gasteiger partial charge is 0.477 e. The summed E-state index contributed by atoms with van der Waals surface area (Å²) >= 11 is 0. The zero-order valence-corrected chi connectivity index (χ0v) is 10.9. The molecule has 0 atom stereocenters. The highest BCUT2D eigenvalue weighted by Crippen LogP contribution is 2.20. The number of rotatable bonds is 4. The molecule has 0 saturated carbocycles. The highest BCUT2D eigenvalue weighted by Gasteiger charge is 2.18. The number of carboxylic acid groups (broad SMARTS) is 1. The van der Waals surface area contributed by atoms with Gasteiger partial charge in [0, 0.05) is 5.56 Å². The number of carbonyl (C=O) groups is 1. The molecule has 0 radical (unpaired) electrons. The van der Waals surface area contributed by atoms with Crippen LogP contribution in [0.25, 0.3) is 11.3 Å². The highest BCUT2D eigenvalue weighted by atomic mass is 16.4. The lowest BCUT2D eigenvalue weighted by Crippen LogP contribution is -2.12. The monoisotopic (exact) mass is 260 g/mol. The third-order valence-corrected chi connectivity index (χ3v) is 2.88. The van der Waals surface area contributed by atoms with Gasteiger partial charge in [-0.05, 0) is 17.9 Å². The van der Waals surface area contributed by atoms with Gasteiger partial charge in [-0.3, -0.25) is 15.0 Å². The molecule has 0 unspecified atom stereocenters. The lowest BCUT2D eigenvalue weighted by Gasteiger charge is -2.06. The molecule has 3 N–H and O–H groups in total. The molecule has 0 spiro atoms. The van der Waals surface area contributed by atoms with E-state index in [0.29, 0.717) is 17.2 Å². The number of nitrogens with one attached hydrogen (secondary N) is 2. The summed E-state index contributed by atoms with van der Waals surface area (Å²) in [4.78, 5) is 22.4. The second-order valence-electron chi connectivity index (χ2n) is 4.93. The molecular weight excluding hydrogens is 244 g/mol. The molecule has 19 heavy (non-hydrogen) atoms. The van der Waals surface area contributed by atoms with Crippen LogP contribution in [0.15, 0.2) is 29.1 Å². The van der Waals surface area contributed by atoms with Crippen molar-refractivity contribution < 1.29 is 9.90 Å². The van der Waals surface area contributed by atoms with E-state index in [2.05, 4.69) is 24.0 Å². The minimum absolute atomic E-state index is 0.253. The Hall–Kier alpha value is -2.30. The fourth-order valence-corrected chi connectivity index (χ4v) is 2.06. The Morgan fingerprint density at radius 1 is 1.21 bits per heavy atom. The van der Waals surface area contributed by atoms with Crippen molar-refractivity contribution in [3.05, 3.63) is 45.7 Å².